The number of fused-ring (bicyclic) bond motifs is 2. The van der Waals surface area contributed by atoms with Crippen LogP contribution in [0.4, 0.5) is 5.69 Å². The van der Waals surface area contributed by atoms with Gasteiger partial charge in [-0.05, 0) is 48.1 Å². The van der Waals surface area contributed by atoms with E-state index in [1.54, 1.807) is 0 Å². The highest BCUT2D eigenvalue weighted by Crippen LogP contribution is 2.62. The fraction of sp³-hybridized carbons (Fsp3) is 0.588. The molecule has 1 N–H and O–H groups in total. The molecule has 1 amide bonds. The van der Waals surface area contributed by atoms with Gasteiger partial charge in [0.05, 0.1) is 4.92 Å². The molecular weight excluding hydrogens is 280 g/mol. The van der Waals surface area contributed by atoms with Crippen molar-refractivity contribution < 1.29 is 9.72 Å². The number of nitro benzene ring substituents is 1. The monoisotopic (exact) mass is 302 g/mol. The summed E-state index contributed by atoms with van der Waals surface area (Å²) in [6.45, 7) is 6.74. The van der Waals surface area contributed by atoms with Crippen LogP contribution in [0.1, 0.15) is 50.4 Å². The molecule has 0 saturated heterocycles. The van der Waals surface area contributed by atoms with E-state index in [0.717, 1.165) is 6.42 Å². The van der Waals surface area contributed by atoms with Crippen LogP contribution in [0.25, 0.3) is 0 Å². The predicted molar refractivity (Wildman–Crippen MR) is 83.6 cm³/mol. The summed E-state index contributed by atoms with van der Waals surface area (Å²) < 4.78 is 0. The Hall–Kier alpha value is -1.91. The minimum absolute atomic E-state index is 0.00349. The Balaban J connectivity index is 1.78. The lowest BCUT2D eigenvalue weighted by molar-refractivity contribution is -0.384. The Morgan fingerprint density at radius 2 is 1.91 bits per heavy atom. The molecule has 2 aliphatic carbocycles. The van der Waals surface area contributed by atoms with Crippen molar-refractivity contribution in [3.05, 3.63) is 39.9 Å². The SMILES string of the molecule is CC1(C)[C@@H]2CC[C@@](C)(C2)[C@H]1NC(=O)c1ccc([N+](=O)[O-])cc1. The summed E-state index contributed by atoms with van der Waals surface area (Å²) >= 11 is 0. The smallest absolute Gasteiger partial charge is 0.269 e. The summed E-state index contributed by atoms with van der Waals surface area (Å²) in [6.07, 6.45) is 3.57. The molecule has 5 heteroatoms. The van der Waals surface area contributed by atoms with Crippen molar-refractivity contribution in [2.75, 3.05) is 0 Å². The van der Waals surface area contributed by atoms with E-state index in [1.165, 1.54) is 37.1 Å². The number of non-ortho nitro benzene ring substituents is 1. The minimum atomic E-state index is -0.457. The van der Waals surface area contributed by atoms with Gasteiger partial charge in [-0.1, -0.05) is 20.8 Å². The molecule has 2 saturated carbocycles. The zero-order chi connectivity index (χ0) is 16.1. The molecule has 0 heterocycles. The quantitative estimate of drug-likeness (QED) is 0.685. The van der Waals surface area contributed by atoms with Crippen LogP contribution in [-0.2, 0) is 0 Å². The Kier molecular flexibility index (Phi) is 3.27. The van der Waals surface area contributed by atoms with Crippen molar-refractivity contribution in [1.29, 1.82) is 0 Å². The molecule has 0 aliphatic heterocycles. The fourth-order valence-corrected chi connectivity index (χ4v) is 4.61. The lowest BCUT2D eigenvalue weighted by Gasteiger charge is -2.43. The molecule has 0 unspecified atom stereocenters. The summed E-state index contributed by atoms with van der Waals surface area (Å²) in [5.41, 5.74) is 0.755. The van der Waals surface area contributed by atoms with Gasteiger partial charge in [-0.3, -0.25) is 14.9 Å². The van der Waals surface area contributed by atoms with E-state index in [0.29, 0.717) is 11.5 Å². The van der Waals surface area contributed by atoms with Gasteiger partial charge < -0.3 is 5.32 Å². The summed E-state index contributed by atoms with van der Waals surface area (Å²) in [7, 11) is 0. The van der Waals surface area contributed by atoms with Crippen molar-refractivity contribution in [1.82, 2.24) is 5.32 Å². The molecular formula is C17H22N2O3. The van der Waals surface area contributed by atoms with Gasteiger partial charge >= 0.3 is 0 Å². The largest absolute Gasteiger partial charge is 0.348 e. The van der Waals surface area contributed by atoms with E-state index < -0.39 is 4.92 Å². The molecule has 2 fully saturated rings. The lowest BCUT2D eigenvalue weighted by Crippen LogP contribution is -2.52. The van der Waals surface area contributed by atoms with Crippen LogP contribution in [-0.4, -0.2) is 16.9 Å². The molecule has 118 valence electrons. The van der Waals surface area contributed by atoms with Crippen LogP contribution < -0.4 is 5.32 Å². The predicted octanol–water partition coefficient (Wildman–Crippen LogP) is 3.54. The maximum Gasteiger partial charge on any atom is 0.269 e. The molecule has 3 rings (SSSR count). The standard InChI is InChI=1S/C17H22N2O3/c1-16(2)12-8-9-17(3,10-12)15(16)18-14(20)11-4-6-13(7-5-11)19(21)22/h4-7,12,15H,8-10H2,1-3H3,(H,18,20)/t12-,15+,17+/m1/s1. The van der Waals surface area contributed by atoms with Gasteiger partial charge in [-0.2, -0.15) is 0 Å². The molecule has 3 atom stereocenters. The third-order valence-electron chi connectivity index (χ3n) is 5.89. The van der Waals surface area contributed by atoms with Gasteiger partial charge in [0, 0.05) is 23.7 Å². The number of benzene rings is 1. The first-order valence-corrected chi connectivity index (χ1v) is 7.79. The van der Waals surface area contributed by atoms with Crippen LogP contribution in [0.5, 0.6) is 0 Å². The summed E-state index contributed by atoms with van der Waals surface area (Å²) in [5.74, 6) is 0.529. The number of hydrogen-bond donors (Lipinski definition) is 1. The second-order valence-electron chi connectivity index (χ2n) is 7.63. The van der Waals surface area contributed by atoms with Gasteiger partial charge in [0.1, 0.15) is 0 Å². The molecule has 1 aromatic carbocycles. The molecule has 2 aliphatic rings. The molecule has 5 nitrogen and oxygen atoms in total. The number of rotatable bonds is 3. The Morgan fingerprint density at radius 1 is 1.27 bits per heavy atom. The number of nitro groups is 1. The number of carbonyl (C=O) groups is 1. The second kappa shape index (κ2) is 4.80. The average Bonchev–Trinajstić information content (AvgIpc) is 2.94. The van der Waals surface area contributed by atoms with E-state index in [4.69, 9.17) is 0 Å². The van der Waals surface area contributed by atoms with Gasteiger partial charge in [0.2, 0.25) is 0 Å². The summed E-state index contributed by atoms with van der Waals surface area (Å²) in [5, 5.41) is 13.9. The first kappa shape index (κ1) is 15.0. The molecule has 2 bridgehead atoms. The van der Waals surface area contributed by atoms with E-state index in [2.05, 4.69) is 26.1 Å². The topological polar surface area (TPSA) is 72.2 Å². The molecule has 1 aromatic rings. The van der Waals surface area contributed by atoms with E-state index in [-0.39, 0.29) is 28.5 Å². The van der Waals surface area contributed by atoms with Crippen molar-refractivity contribution in [3.8, 4) is 0 Å². The molecule has 0 radical (unpaired) electrons. The normalized spacial score (nSPS) is 32.0. The fourth-order valence-electron chi connectivity index (χ4n) is 4.61. The highest BCUT2D eigenvalue weighted by molar-refractivity contribution is 5.94. The van der Waals surface area contributed by atoms with Crippen LogP contribution in [0.3, 0.4) is 0 Å². The van der Waals surface area contributed by atoms with E-state index in [1.807, 2.05) is 0 Å². The number of nitrogens with zero attached hydrogens (tertiary/aromatic N) is 1. The number of amides is 1. The second-order valence-corrected chi connectivity index (χ2v) is 7.63. The Bertz CT molecular complexity index is 619. The van der Waals surface area contributed by atoms with Crippen molar-refractivity contribution >= 4 is 11.6 Å². The van der Waals surface area contributed by atoms with Gasteiger partial charge in [0.15, 0.2) is 0 Å². The Labute approximate surface area is 130 Å². The zero-order valence-corrected chi connectivity index (χ0v) is 13.3. The minimum Gasteiger partial charge on any atom is -0.348 e. The molecule has 0 spiro atoms. The van der Waals surface area contributed by atoms with E-state index in [9.17, 15) is 14.9 Å². The zero-order valence-electron chi connectivity index (χ0n) is 13.3. The third-order valence-corrected chi connectivity index (χ3v) is 5.89. The molecule has 22 heavy (non-hydrogen) atoms. The third kappa shape index (κ3) is 2.19. The maximum atomic E-state index is 12.5. The van der Waals surface area contributed by atoms with Crippen molar-refractivity contribution in [2.24, 2.45) is 16.7 Å². The maximum absolute atomic E-state index is 12.5. The van der Waals surface area contributed by atoms with Crippen LogP contribution in [0, 0.1) is 26.9 Å². The molecule has 0 aromatic heterocycles. The number of carbonyl (C=O) groups excluding carboxylic acids is 1. The van der Waals surface area contributed by atoms with Gasteiger partial charge in [-0.15, -0.1) is 0 Å². The summed E-state index contributed by atoms with van der Waals surface area (Å²) in [6, 6.07) is 5.96. The van der Waals surface area contributed by atoms with Crippen molar-refractivity contribution in [2.45, 2.75) is 46.1 Å². The average molecular weight is 302 g/mol. The van der Waals surface area contributed by atoms with Crippen LogP contribution in [0.2, 0.25) is 0 Å². The number of hydrogen-bond acceptors (Lipinski definition) is 3. The highest BCUT2D eigenvalue weighted by atomic mass is 16.6. The lowest BCUT2D eigenvalue weighted by atomic mass is 9.68. The summed E-state index contributed by atoms with van der Waals surface area (Å²) in [4.78, 5) is 22.7. The Morgan fingerprint density at radius 3 is 2.41 bits per heavy atom. The van der Waals surface area contributed by atoms with Crippen molar-refractivity contribution in [3.63, 3.8) is 0 Å². The first-order chi connectivity index (χ1) is 10.2. The van der Waals surface area contributed by atoms with E-state index >= 15 is 0 Å². The van der Waals surface area contributed by atoms with Gasteiger partial charge in [0.25, 0.3) is 11.6 Å². The van der Waals surface area contributed by atoms with Gasteiger partial charge in [-0.25, -0.2) is 0 Å². The first-order valence-electron chi connectivity index (χ1n) is 7.79. The van der Waals surface area contributed by atoms with Crippen LogP contribution in [0.15, 0.2) is 24.3 Å². The highest BCUT2D eigenvalue weighted by Gasteiger charge is 2.59. The van der Waals surface area contributed by atoms with Crippen LogP contribution >= 0.6 is 0 Å². The number of nitrogens with one attached hydrogen (secondary N) is 1.